The highest BCUT2D eigenvalue weighted by molar-refractivity contribution is 5.69. The van der Waals surface area contributed by atoms with Crippen molar-refractivity contribution in [3.8, 4) is 0 Å². The van der Waals surface area contributed by atoms with Gasteiger partial charge in [-0.25, -0.2) is 0 Å². The van der Waals surface area contributed by atoms with Crippen molar-refractivity contribution in [3.63, 3.8) is 0 Å². The number of hydrogen-bond donors (Lipinski definition) is 0. The Morgan fingerprint density at radius 1 is 0.913 bits per heavy atom. The first-order valence-corrected chi connectivity index (χ1v) is 10.0. The third-order valence-corrected chi connectivity index (χ3v) is 4.28. The van der Waals surface area contributed by atoms with Gasteiger partial charge in [-0.2, -0.15) is 0 Å². The van der Waals surface area contributed by atoms with Gasteiger partial charge in [0.1, 0.15) is 0 Å². The maximum atomic E-state index is 11.2. The molecule has 2 nitrogen and oxygen atoms in total. The molecule has 0 bridgehead atoms. The Bertz CT molecular complexity index is 284. The SMILES string of the molecule is CCCCCCC/C=C/C(C)CCCCCCCC(=O)OCC. The van der Waals surface area contributed by atoms with E-state index in [4.69, 9.17) is 4.74 Å². The van der Waals surface area contributed by atoms with Gasteiger partial charge >= 0.3 is 5.97 Å². The summed E-state index contributed by atoms with van der Waals surface area (Å²) >= 11 is 0. The van der Waals surface area contributed by atoms with Gasteiger partial charge in [-0.3, -0.25) is 4.79 Å². The van der Waals surface area contributed by atoms with Crippen LogP contribution in [0.1, 0.15) is 104 Å². The molecule has 0 saturated carbocycles. The van der Waals surface area contributed by atoms with Crippen LogP contribution in [-0.2, 0) is 9.53 Å². The van der Waals surface area contributed by atoms with Crippen molar-refractivity contribution in [2.24, 2.45) is 5.92 Å². The fraction of sp³-hybridized carbons (Fsp3) is 0.857. The van der Waals surface area contributed by atoms with Crippen LogP contribution in [0.25, 0.3) is 0 Å². The van der Waals surface area contributed by atoms with E-state index in [0.717, 1.165) is 12.8 Å². The van der Waals surface area contributed by atoms with E-state index in [0.29, 0.717) is 18.9 Å². The number of unbranched alkanes of at least 4 members (excludes halogenated alkanes) is 9. The van der Waals surface area contributed by atoms with Crippen molar-refractivity contribution in [2.45, 2.75) is 104 Å². The van der Waals surface area contributed by atoms with E-state index in [2.05, 4.69) is 26.0 Å². The number of allylic oxidation sites excluding steroid dienone is 2. The van der Waals surface area contributed by atoms with Gasteiger partial charge in [0.05, 0.1) is 6.61 Å². The second-order valence-corrected chi connectivity index (χ2v) is 6.72. The largest absolute Gasteiger partial charge is 0.466 e. The summed E-state index contributed by atoms with van der Waals surface area (Å²) in [6.45, 7) is 6.96. The molecule has 2 heteroatoms. The highest BCUT2D eigenvalue weighted by Gasteiger charge is 2.01. The minimum Gasteiger partial charge on any atom is -0.466 e. The summed E-state index contributed by atoms with van der Waals surface area (Å²) in [6.07, 6.45) is 20.8. The molecule has 1 atom stereocenters. The van der Waals surface area contributed by atoms with Gasteiger partial charge in [0.25, 0.3) is 0 Å². The van der Waals surface area contributed by atoms with Gasteiger partial charge < -0.3 is 4.74 Å². The zero-order valence-electron chi connectivity index (χ0n) is 15.9. The van der Waals surface area contributed by atoms with Gasteiger partial charge in [0, 0.05) is 6.42 Å². The van der Waals surface area contributed by atoms with E-state index in [-0.39, 0.29) is 5.97 Å². The van der Waals surface area contributed by atoms with Gasteiger partial charge in [0.2, 0.25) is 0 Å². The van der Waals surface area contributed by atoms with Crippen LogP contribution in [0.15, 0.2) is 12.2 Å². The monoisotopic (exact) mass is 324 g/mol. The Hall–Kier alpha value is -0.790. The van der Waals surface area contributed by atoms with Crippen LogP contribution in [0.2, 0.25) is 0 Å². The van der Waals surface area contributed by atoms with E-state index in [1.165, 1.54) is 64.2 Å². The molecule has 0 fully saturated rings. The molecule has 0 saturated heterocycles. The zero-order valence-corrected chi connectivity index (χ0v) is 15.9. The number of carbonyl (C=O) groups excluding carboxylic acids is 1. The van der Waals surface area contributed by atoms with E-state index < -0.39 is 0 Å². The third kappa shape index (κ3) is 17.4. The van der Waals surface area contributed by atoms with Crippen molar-refractivity contribution in [3.05, 3.63) is 12.2 Å². The lowest BCUT2D eigenvalue weighted by molar-refractivity contribution is -0.143. The third-order valence-electron chi connectivity index (χ3n) is 4.28. The Labute approximate surface area is 145 Å². The maximum absolute atomic E-state index is 11.2. The molecule has 0 aliphatic rings. The number of carbonyl (C=O) groups is 1. The molecule has 0 rings (SSSR count). The Morgan fingerprint density at radius 2 is 1.57 bits per heavy atom. The first-order valence-electron chi connectivity index (χ1n) is 10.0. The lowest BCUT2D eigenvalue weighted by Gasteiger charge is -2.06. The van der Waals surface area contributed by atoms with E-state index in [1.807, 2.05) is 6.92 Å². The molecule has 0 aromatic rings. The summed E-state index contributed by atoms with van der Waals surface area (Å²) in [5.74, 6) is 0.672. The van der Waals surface area contributed by atoms with Crippen LogP contribution < -0.4 is 0 Å². The molecule has 0 aliphatic heterocycles. The molecule has 0 radical (unpaired) electrons. The summed E-state index contributed by atoms with van der Waals surface area (Å²) in [6, 6.07) is 0. The molecular weight excluding hydrogens is 284 g/mol. The number of rotatable bonds is 16. The lowest BCUT2D eigenvalue weighted by atomic mass is 10.0. The van der Waals surface area contributed by atoms with Crippen LogP contribution >= 0.6 is 0 Å². The van der Waals surface area contributed by atoms with Crippen molar-refractivity contribution < 1.29 is 9.53 Å². The molecule has 136 valence electrons. The average molecular weight is 325 g/mol. The van der Waals surface area contributed by atoms with E-state index in [9.17, 15) is 4.79 Å². The normalized spacial score (nSPS) is 12.7. The molecule has 0 spiro atoms. The van der Waals surface area contributed by atoms with Crippen LogP contribution in [0.4, 0.5) is 0 Å². The van der Waals surface area contributed by atoms with Gasteiger partial charge in [-0.15, -0.1) is 0 Å². The molecule has 1 unspecified atom stereocenters. The fourth-order valence-corrected chi connectivity index (χ4v) is 2.79. The van der Waals surface area contributed by atoms with Crippen LogP contribution in [0, 0.1) is 5.92 Å². The molecule has 0 aromatic heterocycles. The fourth-order valence-electron chi connectivity index (χ4n) is 2.79. The van der Waals surface area contributed by atoms with Crippen LogP contribution in [0.5, 0.6) is 0 Å². The summed E-state index contributed by atoms with van der Waals surface area (Å²) in [7, 11) is 0. The van der Waals surface area contributed by atoms with Crippen molar-refractivity contribution in [1.82, 2.24) is 0 Å². The van der Waals surface area contributed by atoms with Crippen LogP contribution in [0.3, 0.4) is 0 Å². The minimum atomic E-state index is -0.0408. The second-order valence-electron chi connectivity index (χ2n) is 6.72. The molecule has 23 heavy (non-hydrogen) atoms. The summed E-state index contributed by atoms with van der Waals surface area (Å²) in [4.78, 5) is 11.2. The van der Waals surface area contributed by atoms with E-state index >= 15 is 0 Å². The Balaban J connectivity index is 3.32. The number of ether oxygens (including phenoxy) is 1. The Kier molecular flexibility index (Phi) is 17.0. The molecule has 0 aromatic carbocycles. The summed E-state index contributed by atoms with van der Waals surface area (Å²) in [5.41, 5.74) is 0. The van der Waals surface area contributed by atoms with Crippen molar-refractivity contribution >= 4 is 5.97 Å². The average Bonchev–Trinajstić information content (AvgIpc) is 2.53. The number of esters is 1. The molecule has 0 amide bonds. The molecule has 0 heterocycles. The second kappa shape index (κ2) is 17.6. The van der Waals surface area contributed by atoms with Gasteiger partial charge in [-0.1, -0.05) is 77.4 Å². The van der Waals surface area contributed by atoms with Crippen molar-refractivity contribution in [2.75, 3.05) is 6.61 Å². The highest BCUT2D eigenvalue weighted by atomic mass is 16.5. The predicted octanol–water partition coefficient (Wildman–Crippen LogP) is 6.83. The summed E-state index contributed by atoms with van der Waals surface area (Å²) < 4.78 is 4.93. The highest BCUT2D eigenvalue weighted by Crippen LogP contribution is 2.14. The maximum Gasteiger partial charge on any atom is 0.305 e. The first kappa shape index (κ1) is 22.2. The predicted molar refractivity (Wildman–Crippen MR) is 101 cm³/mol. The van der Waals surface area contributed by atoms with Gasteiger partial charge in [-0.05, 0) is 38.5 Å². The topological polar surface area (TPSA) is 26.3 Å². The lowest BCUT2D eigenvalue weighted by Crippen LogP contribution is -2.03. The van der Waals surface area contributed by atoms with Crippen LogP contribution in [-0.4, -0.2) is 12.6 Å². The number of hydrogen-bond acceptors (Lipinski definition) is 2. The molecule has 0 aliphatic carbocycles. The summed E-state index contributed by atoms with van der Waals surface area (Å²) in [5, 5.41) is 0. The molecular formula is C21H40O2. The first-order chi connectivity index (χ1) is 11.2. The quantitative estimate of drug-likeness (QED) is 0.177. The minimum absolute atomic E-state index is 0.0408. The smallest absolute Gasteiger partial charge is 0.305 e. The Morgan fingerprint density at radius 3 is 2.30 bits per heavy atom. The van der Waals surface area contributed by atoms with Crippen molar-refractivity contribution in [1.29, 1.82) is 0 Å². The molecule has 0 N–H and O–H groups in total. The zero-order chi connectivity index (χ0) is 17.2. The van der Waals surface area contributed by atoms with E-state index in [1.54, 1.807) is 0 Å². The standard InChI is InChI=1S/C21H40O2/c1-4-6-7-8-9-11-14-17-20(3)18-15-12-10-13-16-19-21(22)23-5-2/h14,17,20H,4-13,15-16,18-19H2,1-3H3/b17-14+. The van der Waals surface area contributed by atoms with Gasteiger partial charge in [0.15, 0.2) is 0 Å².